The van der Waals surface area contributed by atoms with Gasteiger partial charge in [0.2, 0.25) is 5.91 Å². The van der Waals surface area contributed by atoms with Crippen LogP contribution in [0.15, 0.2) is 24.3 Å². The number of nitrogens with one attached hydrogen (secondary N) is 2. The van der Waals surface area contributed by atoms with Crippen molar-refractivity contribution in [1.29, 1.82) is 5.26 Å². The van der Waals surface area contributed by atoms with E-state index in [0.29, 0.717) is 5.69 Å². The Bertz CT molecular complexity index is 621. The maximum atomic E-state index is 12.1. The van der Waals surface area contributed by atoms with Crippen molar-refractivity contribution in [2.75, 3.05) is 5.32 Å². The van der Waals surface area contributed by atoms with Crippen LogP contribution in [0, 0.1) is 17.2 Å². The number of hydrogen-bond acceptors (Lipinski definition) is 4. The second-order valence-corrected chi connectivity index (χ2v) is 4.89. The van der Waals surface area contributed by atoms with Crippen molar-refractivity contribution in [2.45, 2.75) is 26.3 Å². The molecule has 22 heavy (non-hydrogen) atoms. The van der Waals surface area contributed by atoms with Crippen molar-refractivity contribution in [3.63, 3.8) is 0 Å². The molecule has 0 unspecified atom stereocenters. The minimum Gasteiger partial charge on any atom is -0.480 e. The summed E-state index contributed by atoms with van der Waals surface area (Å²) in [5.41, 5.74) is 0.666. The van der Waals surface area contributed by atoms with Gasteiger partial charge in [-0.25, -0.2) is 4.79 Å². The summed E-state index contributed by atoms with van der Waals surface area (Å²) in [6.07, 6.45) is 0.0168. The molecule has 116 valence electrons. The summed E-state index contributed by atoms with van der Waals surface area (Å²) < 4.78 is 0. The number of carboxylic acid groups (broad SMARTS) is 1. The van der Waals surface area contributed by atoms with E-state index in [-0.39, 0.29) is 17.9 Å². The van der Waals surface area contributed by atoms with Crippen LogP contribution in [0.4, 0.5) is 5.69 Å². The summed E-state index contributed by atoms with van der Waals surface area (Å²) in [5, 5.41) is 22.8. The van der Waals surface area contributed by atoms with Crippen LogP contribution in [0.2, 0.25) is 0 Å². The first kappa shape index (κ1) is 17.2. The predicted octanol–water partition coefficient (Wildman–Crippen LogP) is 1.38. The first-order chi connectivity index (χ1) is 10.3. The Morgan fingerprint density at radius 2 is 2.05 bits per heavy atom. The number of hydrogen-bond donors (Lipinski definition) is 3. The van der Waals surface area contributed by atoms with Crippen molar-refractivity contribution in [2.24, 2.45) is 5.92 Å². The summed E-state index contributed by atoms with van der Waals surface area (Å²) in [6, 6.07) is 6.93. The standard InChI is InChI=1S/C15H17N3O4/c1-9(8-16)6-13(15(21)22)18-14(20)11-4-3-5-12(7-11)17-10(2)19/h3-5,7,9,13H,6H2,1-2H3,(H,17,19)(H,18,20)(H,21,22)/t9-,13-/m1/s1. The van der Waals surface area contributed by atoms with Gasteiger partial charge in [-0.2, -0.15) is 5.26 Å². The Balaban J connectivity index is 2.84. The van der Waals surface area contributed by atoms with Gasteiger partial charge in [-0.3, -0.25) is 9.59 Å². The van der Waals surface area contributed by atoms with E-state index >= 15 is 0 Å². The van der Waals surface area contributed by atoms with Crippen molar-refractivity contribution >= 4 is 23.5 Å². The molecule has 2 amide bonds. The highest BCUT2D eigenvalue weighted by Gasteiger charge is 2.23. The van der Waals surface area contributed by atoms with Crippen LogP contribution >= 0.6 is 0 Å². The first-order valence-electron chi connectivity index (χ1n) is 6.64. The number of anilines is 1. The fraction of sp³-hybridized carbons (Fsp3) is 0.333. The average molecular weight is 303 g/mol. The third-order valence-electron chi connectivity index (χ3n) is 2.86. The van der Waals surface area contributed by atoms with Gasteiger partial charge in [0.05, 0.1) is 6.07 Å². The van der Waals surface area contributed by atoms with Crippen LogP contribution in [0.3, 0.4) is 0 Å². The smallest absolute Gasteiger partial charge is 0.326 e. The minimum atomic E-state index is -1.20. The van der Waals surface area contributed by atoms with Crippen LogP contribution in [-0.2, 0) is 9.59 Å². The zero-order valence-electron chi connectivity index (χ0n) is 12.3. The van der Waals surface area contributed by atoms with E-state index in [1.54, 1.807) is 19.1 Å². The van der Waals surface area contributed by atoms with Crippen molar-refractivity contribution in [3.8, 4) is 6.07 Å². The third-order valence-corrected chi connectivity index (χ3v) is 2.86. The van der Waals surface area contributed by atoms with Gasteiger partial charge in [-0.05, 0) is 31.5 Å². The van der Waals surface area contributed by atoms with Gasteiger partial charge in [0.1, 0.15) is 6.04 Å². The summed E-state index contributed by atoms with van der Waals surface area (Å²) in [4.78, 5) is 34.2. The SMILES string of the molecule is CC(=O)Nc1cccc(C(=O)N[C@H](C[C@@H](C)C#N)C(=O)O)c1. The van der Waals surface area contributed by atoms with E-state index in [1.807, 2.05) is 6.07 Å². The van der Waals surface area contributed by atoms with Crippen LogP contribution < -0.4 is 10.6 Å². The number of carbonyl (C=O) groups is 3. The zero-order valence-corrected chi connectivity index (χ0v) is 12.3. The lowest BCUT2D eigenvalue weighted by atomic mass is 10.0. The van der Waals surface area contributed by atoms with Gasteiger partial charge in [-0.1, -0.05) is 6.07 Å². The largest absolute Gasteiger partial charge is 0.480 e. The molecule has 0 spiro atoms. The second kappa shape index (κ2) is 7.78. The Morgan fingerprint density at radius 1 is 1.36 bits per heavy atom. The summed E-state index contributed by atoms with van der Waals surface area (Å²) >= 11 is 0. The van der Waals surface area contributed by atoms with Gasteiger partial charge < -0.3 is 15.7 Å². The van der Waals surface area contributed by atoms with Crippen molar-refractivity contribution < 1.29 is 19.5 Å². The van der Waals surface area contributed by atoms with Gasteiger partial charge in [-0.15, -0.1) is 0 Å². The lowest BCUT2D eigenvalue weighted by Crippen LogP contribution is -2.41. The number of benzene rings is 1. The molecule has 0 saturated carbocycles. The monoisotopic (exact) mass is 303 g/mol. The first-order valence-corrected chi connectivity index (χ1v) is 6.64. The molecule has 0 aliphatic carbocycles. The van der Waals surface area contributed by atoms with Crippen LogP contribution in [0.1, 0.15) is 30.6 Å². The fourth-order valence-corrected chi connectivity index (χ4v) is 1.81. The molecule has 1 aromatic carbocycles. The molecule has 0 heterocycles. The number of rotatable bonds is 6. The van der Waals surface area contributed by atoms with Crippen LogP contribution in [0.5, 0.6) is 0 Å². The Labute approximate surface area is 127 Å². The summed E-state index contributed by atoms with van der Waals surface area (Å²) in [7, 11) is 0. The quantitative estimate of drug-likeness (QED) is 0.733. The molecule has 7 heteroatoms. The second-order valence-electron chi connectivity index (χ2n) is 4.89. The molecule has 1 rings (SSSR count). The molecule has 7 nitrogen and oxygen atoms in total. The highest BCUT2D eigenvalue weighted by molar-refractivity contribution is 5.98. The Kier molecular flexibility index (Phi) is 6.08. The number of nitriles is 1. The highest BCUT2D eigenvalue weighted by atomic mass is 16.4. The van der Waals surface area contributed by atoms with Gasteiger partial charge in [0.15, 0.2) is 0 Å². The Morgan fingerprint density at radius 3 is 2.59 bits per heavy atom. The number of amides is 2. The molecule has 0 saturated heterocycles. The minimum absolute atomic E-state index is 0.0168. The molecular formula is C15H17N3O4. The third kappa shape index (κ3) is 5.25. The van der Waals surface area contributed by atoms with E-state index < -0.39 is 23.8 Å². The zero-order chi connectivity index (χ0) is 16.7. The maximum Gasteiger partial charge on any atom is 0.326 e. The predicted molar refractivity (Wildman–Crippen MR) is 79.0 cm³/mol. The number of carbonyl (C=O) groups excluding carboxylic acids is 2. The van der Waals surface area contributed by atoms with Crippen molar-refractivity contribution in [1.82, 2.24) is 5.32 Å². The normalized spacial score (nSPS) is 12.6. The lowest BCUT2D eigenvalue weighted by Gasteiger charge is -2.15. The molecular weight excluding hydrogens is 286 g/mol. The van der Waals surface area contributed by atoms with Crippen molar-refractivity contribution in [3.05, 3.63) is 29.8 Å². The summed E-state index contributed by atoms with van der Waals surface area (Å²) in [5.74, 6) is -2.55. The topological polar surface area (TPSA) is 119 Å². The highest BCUT2D eigenvalue weighted by Crippen LogP contribution is 2.12. The van der Waals surface area contributed by atoms with E-state index in [9.17, 15) is 14.4 Å². The van der Waals surface area contributed by atoms with Gasteiger partial charge >= 0.3 is 5.97 Å². The van der Waals surface area contributed by atoms with Crippen LogP contribution in [0.25, 0.3) is 0 Å². The molecule has 0 bridgehead atoms. The maximum absolute atomic E-state index is 12.1. The summed E-state index contributed by atoms with van der Waals surface area (Å²) in [6.45, 7) is 2.93. The molecule has 2 atom stereocenters. The van der Waals surface area contributed by atoms with Crippen LogP contribution in [-0.4, -0.2) is 28.9 Å². The van der Waals surface area contributed by atoms with E-state index in [4.69, 9.17) is 10.4 Å². The molecule has 0 aliphatic heterocycles. The number of carboxylic acids is 1. The van der Waals surface area contributed by atoms with E-state index in [2.05, 4.69) is 10.6 Å². The molecule has 0 aliphatic rings. The fourth-order valence-electron chi connectivity index (χ4n) is 1.81. The molecule has 3 N–H and O–H groups in total. The van der Waals surface area contributed by atoms with Gasteiger partial charge in [0, 0.05) is 24.1 Å². The van der Waals surface area contributed by atoms with E-state index in [1.165, 1.54) is 19.1 Å². The number of nitrogens with zero attached hydrogens (tertiary/aromatic N) is 1. The average Bonchev–Trinajstić information content (AvgIpc) is 2.45. The molecule has 0 aromatic heterocycles. The van der Waals surface area contributed by atoms with Gasteiger partial charge in [0.25, 0.3) is 5.91 Å². The lowest BCUT2D eigenvalue weighted by molar-refractivity contribution is -0.139. The number of aliphatic carboxylic acids is 1. The Hall–Kier alpha value is -2.88. The molecule has 0 radical (unpaired) electrons. The van der Waals surface area contributed by atoms with E-state index in [0.717, 1.165) is 0 Å². The molecule has 0 fully saturated rings. The molecule has 1 aromatic rings.